The molecule has 1 aliphatic heterocycles. The van der Waals surface area contributed by atoms with E-state index in [9.17, 15) is 0 Å². The molecule has 0 aromatic heterocycles. The number of nitrogens with one attached hydrogen (secondary N) is 1. The molecule has 0 bridgehead atoms. The molecule has 1 fully saturated rings. The van der Waals surface area contributed by atoms with E-state index in [4.69, 9.17) is 5.41 Å². The molecule has 0 saturated carbocycles. The molecule has 2 nitrogen and oxygen atoms in total. The van der Waals surface area contributed by atoms with Gasteiger partial charge in [0.25, 0.3) is 0 Å². The van der Waals surface area contributed by atoms with Crippen LogP contribution in [0.3, 0.4) is 0 Å². The van der Waals surface area contributed by atoms with Crippen LogP contribution < -0.4 is 0 Å². The van der Waals surface area contributed by atoms with Crippen LogP contribution in [0.25, 0.3) is 0 Å². The molecule has 1 aliphatic rings. The molecule has 0 amide bonds. The second kappa shape index (κ2) is 2.67. The lowest BCUT2D eigenvalue weighted by molar-refractivity contribution is 0.519. The Morgan fingerprint density at radius 3 is 2.44 bits per heavy atom. The molecule has 0 aromatic rings. The minimum Gasteiger partial charge on any atom is -0.357 e. The molecule has 0 atom stereocenters. The zero-order valence-electron chi connectivity index (χ0n) is 5.56. The van der Waals surface area contributed by atoms with Gasteiger partial charge in [0.2, 0.25) is 0 Å². The van der Waals surface area contributed by atoms with Crippen LogP contribution in [0.15, 0.2) is 12.7 Å². The Morgan fingerprint density at radius 2 is 2.00 bits per heavy atom. The van der Waals surface area contributed by atoms with Gasteiger partial charge in [-0.2, -0.15) is 0 Å². The summed E-state index contributed by atoms with van der Waals surface area (Å²) in [6.45, 7) is 5.63. The van der Waals surface area contributed by atoms with Gasteiger partial charge in [-0.25, -0.2) is 0 Å². The van der Waals surface area contributed by atoms with Gasteiger partial charge in [-0.3, -0.25) is 5.41 Å². The molecule has 1 heterocycles. The van der Waals surface area contributed by atoms with Crippen LogP contribution >= 0.6 is 0 Å². The number of likely N-dealkylation sites (tertiary alicyclic amines) is 1. The van der Waals surface area contributed by atoms with Gasteiger partial charge < -0.3 is 4.90 Å². The first-order chi connectivity index (χ1) is 4.34. The minimum absolute atomic E-state index is 0.576. The third-order valence-corrected chi connectivity index (χ3v) is 1.64. The Labute approximate surface area is 55.7 Å². The molecule has 0 radical (unpaired) electrons. The van der Waals surface area contributed by atoms with Gasteiger partial charge in [-0.1, -0.05) is 6.58 Å². The van der Waals surface area contributed by atoms with Crippen molar-refractivity contribution >= 4 is 5.84 Å². The van der Waals surface area contributed by atoms with Gasteiger partial charge in [-0.15, -0.1) is 0 Å². The van der Waals surface area contributed by atoms with E-state index in [0.717, 1.165) is 13.1 Å². The molecule has 50 valence electrons. The number of amidine groups is 1. The lowest BCUT2D eigenvalue weighted by Crippen LogP contribution is -2.24. The summed E-state index contributed by atoms with van der Waals surface area (Å²) < 4.78 is 0. The van der Waals surface area contributed by atoms with Crippen molar-refractivity contribution in [3.05, 3.63) is 12.7 Å². The highest BCUT2D eigenvalue weighted by Gasteiger charge is 2.11. The SMILES string of the molecule is C=CC(=N)N1CCCC1. The summed E-state index contributed by atoms with van der Waals surface area (Å²) in [7, 11) is 0. The molecule has 1 saturated heterocycles. The predicted molar refractivity (Wildman–Crippen MR) is 38.7 cm³/mol. The molecular weight excluding hydrogens is 112 g/mol. The fourth-order valence-electron chi connectivity index (χ4n) is 1.09. The van der Waals surface area contributed by atoms with Crippen LogP contribution in [-0.2, 0) is 0 Å². The van der Waals surface area contributed by atoms with Crippen molar-refractivity contribution in [3.8, 4) is 0 Å². The van der Waals surface area contributed by atoms with Gasteiger partial charge >= 0.3 is 0 Å². The summed E-state index contributed by atoms with van der Waals surface area (Å²) in [5.41, 5.74) is 0. The van der Waals surface area contributed by atoms with Crippen molar-refractivity contribution < 1.29 is 0 Å². The normalized spacial score (nSPS) is 18.0. The number of hydrogen-bond acceptors (Lipinski definition) is 1. The predicted octanol–water partition coefficient (Wildman–Crippen LogP) is 1.25. The van der Waals surface area contributed by atoms with E-state index in [2.05, 4.69) is 6.58 Å². The maximum atomic E-state index is 7.34. The quantitative estimate of drug-likeness (QED) is 0.413. The van der Waals surface area contributed by atoms with E-state index in [1.54, 1.807) is 6.08 Å². The summed E-state index contributed by atoms with van der Waals surface area (Å²) in [6.07, 6.45) is 4.07. The zero-order chi connectivity index (χ0) is 6.69. The van der Waals surface area contributed by atoms with Crippen LogP contribution in [0.2, 0.25) is 0 Å². The van der Waals surface area contributed by atoms with E-state index in [0.29, 0.717) is 5.84 Å². The van der Waals surface area contributed by atoms with Crippen LogP contribution in [0, 0.1) is 5.41 Å². The maximum Gasteiger partial charge on any atom is 0.119 e. The van der Waals surface area contributed by atoms with Crippen molar-refractivity contribution in [2.75, 3.05) is 13.1 Å². The molecular formula is C7H12N2. The molecule has 0 aliphatic carbocycles. The first-order valence-electron chi connectivity index (χ1n) is 3.30. The Hall–Kier alpha value is -0.790. The van der Waals surface area contributed by atoms with Gasteiger partial charge in [-0.05, 0) is 18.9 Å². The highest BCUT2D eigenvalue weighted by Crippen LogP contribution is 2.07. The average Bonchev–Trinajstić information content (AvgIpc) is 2.37. The van der Waals surface area contributed by atoms with Crippen LogP contribution in [0.4, 0.5) is 0 Å². The van der Waals surface area contributed by atoms with Crippen molar-refractivity contribution in [2.24, 2.45) is 0 Å². The van der Waals surface area contributed by atoms with Crippen molar-refractivity contribution in [2.45, 2.75) is 12.8 Å². The monoisotopic (exact) mass is 124 g/mol. The third-order valence-electron chi connectivity index (χ3n) is 1.64. The Kier molecular flexibility index (Phi) is 1.88. The summed E-state index contributed by atoms with van der Waals surface area (Å²) in [5.74, 6) is 0.576. The molecule has 1 rings (SSSR count). The largest absolute Gasteiger partial charge is 0.357 e. The third kappa shape index (κ3) is 1.31. The Balaban J connectivity index is 2.41. The first kappa shape index (κ1) is 6.33. The lowest BCUT2D eigenvalue weighted by atomic mass is 10.4. The highest BCUT2D eigenvalue weighted by molar-refractivity contribution is 5.89. The average molecular weight is 124 g/mol. The van der Waals surface area contributed by atoms with Crippen molar-refractivity contribution in [1.29, 1.82) is 5.41 Å². The maximum absolute atomic E-state index is 7.34. The summed E-state index contributed by atoms with van der Waals surface area (Å²) >= 11 is 0. The van der Waals surface area contributed by atoms with Gasteiger partial charge in [0.1, 0.15) is 5.84 Å². The zero-order valence-corrected chi connectivity index (χ0v) is 5.56. The molecule has 2 heteroatoms. The smallest absolute Gasteiger partial charge is 0.119 e. The van der Waals surface area contributed by atoms with Gasteiger partial charge in [0.15, 0.2) is 0 Å². The lowest BCUT2D eigenvalue weighted by Gasteiger charge is -2.14. The highest BCUT2D eigenvalue weighted by atomic mass is 15.2. The topological polar surface area (TPSA) is 27.1 Å². The standard InChI is InChI=1S/C7H12N2/c1-2-7(8)9-5-3-4-6-9/h2,8H,1,3-6H2. The van der Waals surface area contributed by atoms with Gasteiger partial charge in [0.05, 0.1) is 0 Å². The fourth-order valence-corrected chi connectivity index (χ4v) is 1.09. The first-order valence-corrected chi connectivity index (χ1v) is 3.30. The Morgan fingerprint density at radius 1 is 1.44 bits per heavy atom. The van der Waals surface area contributed by atoms with Crippen LogP contribution in [0.1, 0.15) is 12.8 Å². The molecule has 0 spiro atoms. The number of nitrogens with zero attached hydrogens (tertiary/aromatic N) is 1. The summed E-state index contributed by atoms with van der Waals surface area (Å²) in [5, 5.41) is 7.34. The van der Waals surface area contributed by atoms with Crippen molar-refractivity contribution in [1.82, 2.24) is 4.90 Å². The van der Waals surface area contributed by atoms with Gasteiger partial charge in [0, 0.05) is 13.1 Å². The molecule has 1 N–H and O–H groups in total. The van der Waals surface area contributed by atoms with Crippen LogP contribution in [-0.4, -0.2) is 23.8 Å². The van der Waals surface area contributed by atoms with E-state index < -0.39 is 0 Å². The molecule has 9 heavy (non-hydrogen) atoms. The van der Waals surface area contributed by atoms with E-state index in [1.165, 1.54) is 12.8 Å². The molecule has 0 unspecified atom stereocenters. The van der Waals surface area contributed by atoms with E-state index in [1.807, 2.05) is 4.90 Å². The Bertz CT molecular complexity index is 123. The second-order valence-corrected chi connectivity index (χ2v) is 2.28. The fraction of sp³-hybridized carbons (Fsp3) is 0.571. The summed E-state index contributed by atoms with van der Waals surface area (Å²) in [4.78, 5) is 2.05. The number of rotatable bonds is 1. The number of hydrogen-bond donors (Lipinski definition) is 1. The summed E-state index contributed by atoms with van der Waals surface area (Å²) in [6, 6.07) is 0. The van der Waals surface area contributed by atoms with E-state index in [-0.39, 0.29) is 0 Å². The second-order valence-electron chi connectivity index (χ2n) is 2.28. The van der Waals surface area contributed by atoms with Crippen molar-refractivity contribution in [3.63, 3.8) is 0 Å². The molecule has 0 aromatic carbocycles. The minimum atomic E-state index is 0.576. The van der Waals surface area contributed by atoms with E-state index >= 15 is 0 Å². The van der Waals surface area contributed by atoms with Crippen LogP contribution in [0.5, 0.6) is 0 Å².